The van der Waals surface area contributed by atoms with Gasteiger partial charge in [-0.25, -0.2) is 4.98 Å². The quantitative estimate of drug-likeness (QED) is 0.436. The summed E-state index contributed by atoms with van der Waals surface area (Å²) in [7, 11) is 0. The zero-order chi connectivity index (χ0) is 27.0. The summed E-state index contributed by atoms with van der Waals surface area (Å²) in [6, 6.07) is 6.69. The summed E-state index contributed by atoms with van der Waals surface area (Å²) in [4.78, 5) is 24.7. The molecule has 1 fully saturated rings. The molecular formula is C26H28ClF3N4O3. The highest BCUT2D eigenvalue weighted by Crippen LogP contribution is 2.38. The molecule has 2 atom stereocenters. The number of aromatic hydroxyl groups is 1. The van der Waals surface area contributed by atoms with Gasteiger partial charge in [0.1, 0.15) is 11.2 Å². The first-order valence-electron chi connectivity index (χ1n) is 12.0. The van der Waals surface area contributed by atoms with Gasteiger partial charge in [-0.1, -0.05) is 6.08 Å². The Kier molecular flexibility index (Phi) is 7.50. The molecule has 1 aromatic carbocycles. The van der Waals surface area contributed by atoms with Gasteiger partial charge in [0.05, 0.1) is 11.5 Å². The molecule has 1 aromatic heterocycles. The number of carbonyl (C=O) groups excluding carboxylic acids is 1. The first-order valence-corrected chi connectivity index (χ1v) is 12.4. The van der Waals surface area contributed by atoms with Crippen molar-refractivity contribution in [2.24, 2.45) is 11.3 Å². The number of aromatic nitrogens is 3. The van der Waals surface area contributed by atoms with E-state index in [0.29, 0.717) is 29.0 Å². The number of hydrogen-bond acceptors (Lipinski definition) is 6. The number of ether oxygens (including phenoxy) is 1. The van der Waals surface area contributed by atoms with Crippen LogP contribution >= 0.6 is 11.6 Å². The highest BCUT2D eigenvalue weighted by Gasteiger charge is 2.52. The van der Waals surface area contributed by atoms with Gasteiger partial charge in [-0.05, 0) is 81.9 Å². The molecule has 0 radical (unpaired) electrons. The van der Waals surface area contributed by atoms with Gasteiger partial charge in [-0.3, -0.25) is 4.79 Å². The molecule has 1 heterocycles. The largest absolute Gasteiger partial charge is 0.490 e. The van der Waals surface area contributed by atoms with Gasteiger partial charge in [0.2, 0.25) is 5.91 Å². The summed E-state index contributed by atoms with van der Waals surface area (Å²) in [6.45, 7) is 3.58. The Morgan fingerprint density at radius 1 is 1.16 bits per heavy atom. The lowest BCUT2D eigenvalue weighted by molar-refractivity contribution is -0.211. The average molecular weight is 537 g/mol. The van der Waals surface area contributed by atoms with Crippen LogP contribution in [-0.2, 0) is 4.79 Å². The van der Waals surface area contributed by atoms with Gasteiger partial charge in [-0.2, -0.15) is 23.1 Å². The highest BCUT2D eigenvalue weighted by molar-refractivity contribution is 6.26. The van der Waals surface area contributed by atoms with Gasteiger partial charge in [-0.15, -0.1) is 11.6 Å². The van der Waals surface area contributed by atoms with E-state index in [1.807, 2.05) is 19.1 Å². The number of nitrogens with zero attached hydrogens (tertiary/aromatic N) is 3. The van der Waals surface area contributed by atoms with Gasteiger partial charge in [0.25, 0.3) is 0 Å². The summed E-state index contributed by atoms with van der Waals surface area (Å²) in [5, 5.41) is 12.0. The number of amides is 1. The van der Waals surface area contributed by atoms with Crippen molar-refractivity contribution in [2.75, 3.05) is 6.54 Å². The Morgan fingerprint density at radius 2 is 1.81 bits per heavy atom. The van der Waals surface area contributed by atoms with Crippen LogP contribution in [0.4, 0.5) is 13.2 Å². The van der Waals surface area contributed by atoms with Crippen molar-refractivity contribution in [1.29, 1.82) is 0 Å². The zero-order valence-corrected chi connectivity index (χ0v) is 21.4. The fraction of sp³-hybridized carbons (Fsp3) is 0.462. The molecule has 1 amide bonds. The molecule has 2 N–H and O–H groups in total. The second kappa shape index (κ2) is 10.3. The Labute approximate surface area is 217 Å². The molecule has 4 rings (SSSR count). The van der Waals surface area contributed by atoms with E-state index in [-0.39, 0.29) is 24.3 Å². The van der Waals surface area contributed by atoms with Crippen LogP contribution in [0.15, 0.2) is 42.0 Å². The molecule has 2 aliphatic carbocycles. The predicted octanol–water partition coefficient (Wildman–Crippen LogP) is 5.45. The van der Waals surface area contributed by atoms with E-state index in [1.54, 1.807) is 24.3 Å². The van der Waals surface area contributed by atoms with Crippen molar-refractivity contribution < 1.29 is 27.8 Å². The molecule has 1 unspecified atom stereocenters. The molecule has 2 aromatic rings. The van der Waals surface area contributed by atoms with Gasteiger partial charge < -0.3 is 15.2 Å². The minimum absolute atomic E-state index is 0.129. The fourth-order valence-electron chi connectivity index (χ4n) is 3.77. The van der Waals surface area contributed by atoms with Gasteiger partial charge >= 0.3 is 12.2 Å². The summed E-state index contributed by atoms with van der Waals surface area (Å²) >= 11 is 6.48. The minimum Gasteiger partial charge on any atom is -0.490 e. The Bertz CT molecular complexity index is 1220. The number of carbonyl (C=O) groups is 1. The second-order valence-corrected chi connectivity index (χ2v) is 10.4. The Balaban J connectivity index is 1.51. The van der Waals surface area contributed by atoms with Gasteiger partial charge in [0.15, 0.2) is 11.6 Å². The summed E-state index contributed by atoms with van der Waals surface area (Å²) in [5.74, 6) is 0.548. The number of nitrogens with one attached hydrogen (secondary N) is 1. The third kappa shape index (κ3) is 6.23. The van der Waals surface area contributed by atoms with Crippen LogP contribution in [0.1, 0.15) is 45.9 Å². The molecule has 1 saturated carbocycles. The number of halogens is 4. The lowest BCUT2D eigenvalue weighted by Crippen LogP contribution is -2.47. The topological polar surface area (TPSA) is 97.2 Å². The normalized spacial score (nSPS) is 19.1. The van der Waals surface area contributed by atoms with E-state index in [0.717, 1.165) is 19.6 Å². The third-order valence-corrected chi connectivity index (χ3v) is 7.01. The summed E-state index contributed by atoms with van der Waals surface area (Å²) < 4.78 is 45.4. The first-order chi connectivity index (χ1) is 17.3. The van der Waals surface area contributed by atoms with E-state index < -0.39 is 28.9 Å². The Morgan fingerprint density at radius 3 is 2.43 bits per heavy atom. The van der Waals surface area contributed by atoms with Crippen LogP contribution in [0.5, 0.6) is 11.8 Å². The third-order valence-electron chi connectivity index (χ3n) is 6.60. The van der Waals surface area contributed by atoms with E-state index >= 15 is 0 Å². The van der Waals surface area contributed by atoms with E-state index in [1.165, 1.54) is 12.8 Å². The van der Waals surface area contributed by atoms with Gasteiger partial charge in [0, 0.05) is 17.7 Å². The SMILES string of the molecule is C[C@@H](Oc1ccc(-c2nc(O)nc(C3=CC(CNC(=O)C(C)(C)C(F)(F)F)=CCC3Cl)n2)cc1)C1CC1. The van der Waals surface area contributed by atoms with Crippen molar-refractivity contribution in [3.05, 3.63) is 47.8 Å². The monoisotopic (exact) mass is 536 g/mol. The molecular weight excluding hydrogens is 509 g/mol. The molecule has 37 heavy (non-hydrogen) atoms. The van der Waals surface area contributed by atoms with Crippen molar-refractivity contribution in [2.45, 2.75) is 57.7 Å². The lowest BCUT2D eigenvalue weighted by atomic mass is 9.91. The average Bonchev–Trinajstić information content (AvgIpc) is 3.68. The van der Waals surface area contributed by atoms with Crippen LogP contribution < -0.4 is 10.1 Å². The molecule has 7 nitrogen and oxygen atoms in total. The van der Waals surface area contributed by atoms with E-state index in [4.69, 9.17) is 16.3 Å². The van der Waals surface area contributed by atoms with Crippen LogP contribution in [-0.4, -0.2) is 50.2 Å². The maximum absolute atomic E-state index is 13.2. The maximum Gasteiger partial charge on any atom is 0.402 e. The highest BCUT2D eigenvalue weighted by atomic mass is 35.5. The zero-order valence-electron chi connectivity index (χ0n) is 20.6. The number of alkyl halides is 4. The lowest BCUT2D eigenvalue weighted by Gasteiger charge is -2.27. The molecule has 0 bridgehead atoms. The van der Waals surface area contributed by atoms with Crippen LogP contribution in [0, 0.1) is 11.3 Å². The van der Waals surface area contributed by atoms with Crippen LogP contribution in [0.2, 0.25) is 0 Å². The number of hydrogen-bond donors (Lipinski definition) is 2. The number of allylic oxidation sites excluding steroid dienone is 2. The second-order valence-electron chi connectivity index (χ2n) is 9.85. The smallest absolute Gasteiger partial charge is 0.402 e. The maximum atomic E-state index is 13.2. The van der Waals surface area contributed by atoms with E-state index in [9.17, 15) is 23.1 Å². The van der Waals surface area contributed by atoms with Crippen molar-refractivity contribution >= 4 is 23.1 Å². The van der Waals surface area contributed by atoms with Crippen molar-refractivity contribution in [3.8, 4) is 23.1 Å². The number of rotatable bonds is 8. The molecule has 198 valence electrons. The van der Waals surface area contributed by atoms with Crippen LogP contribution in [0.3, 0.4) is 0 Å². The first kappa shape index (κ1) is 26.9. The number of benzene rings is 1. The van der Waals surface area contributed by atoms with E-state index in [2.05, 4.69) is 20.3 Å². The molecule has 0 spiro atoms. The molecule has 0 saturated heterocycles. The van der Waals surface area contributed by atoms with Crippen LogP contribution in [0.25, 0.3) is 17.0 Å². The van der Waals surface area contributed by atoms with Crippen molar-refractivity contribution in [1.82, 2.24) is 20.3 Å². The predicted molar refractivity (Wildman–Crippen MR) is 133 cm³/mol. The molecule has 0 aliphatic heterocycles. The standard InChI is InChI=1S/C26H28ClF3N4O3/c1-14(16-5-6-16)37-18-9-7-17(8-10-18)21-32-22(34-24(36)33-21)19-12-15(4-11-20(19)27)13-31-23(35)25(2,3)26(28,29)30/h4,7-10,12,14,16,20H,5-6,11,13H2,1-3H3,(H,31,35)(H,32,33,34,36)/t14-,20?/m1/s1. The summed E-state index contributed by atoms with van der Waals surface area (Å²) in [5.41, 5.74) is -0.896. The Hall–Kier alpha value is -3.14. The minimum atomic E-state index is -4.68. The molecule has 11 heteroatoms. The summed E-state index contributed by atoms with van der Waals surface area (Å²) in [6.07, 6.45) is 1.50. The fourth-order valence-corrected chi connectivity index (χ4v) is 4.02. The van der Waals surface area contributed by atoms with Crippen molar-refractivity contribution in [3.63, 3.8) is 0 Å². The molecule has 2 aliphatic rings.